The van der Waals surface area contributed by atoms with Crippen LogP contribution in [0.25, 0.3) is 0 Å². The molecule has 2 fully saturated rings. The van der Waals surface area contributed by atoms with Crippen molar-refractivity contribution in [2.45, 2.75) is 38.6 Å². The molecule has 3 atom stereocenters. The van der Waals surface area contributed by atoms with Crippen molar-refractivity contribution in [2.75, 3.05) is 13.1 Å². The molecule has 0 aliphatic carbocycles. The normalized spacial score (nSPS) is 35.2. The Morgan fingerprint density at radius 2 is 2.29 bits per heavy atom. The summed E-state index contributed by atoms with van der Waals surface area (Å²) in [7, 11) is 0. The van der Waals surface area contributed by atoms with Gasteiger partial charge in [-0.2, -0.15) is 0 Å². The molecule has 0 spiro atoms. The van der Waals surface area contributed by atoms with Gasteiger partial charge >= 0.3 is 5.97 Å². The number of aliphatic carboxylic acids is 1. The minimum atomic E-state index is -0.630. The molecule has 0 bridgehead atoms. The molecule has 3 unspecified atom stereocenters. The minimum Gasteiger partial charge on any atom is -0.481 e. The van der Waals surface area contributed by atoms with E-state index in [2.05, 4.69) is 4.90 Å². The smallest absolute Gasteiger partial charge is 0.306 e. The number of fused-ring (bicyclic) bond motifs is 1. The second-order valence-corrected chi connectivity index (χ2v) is 4.77. The van der Waals surface area contributed by atoms with E-state index in [4.69, 9.17) is 5.11 Å². The molecular weight excluding hydrogens is 178 g/mol. The van der Waals surface area contributed by atoms with Crippen LogP contribution in [0.4, 0.5) is 0 Å². The van der Waals surface area contributed by atoms with Crippen molar-refractivity contribution in [1.29, 1.82) is 0 Å². The number of carboxylic acid groups (broad SMARTS) is 1. The summed E-state index contributed by atoms with van der Waals surface area (Å²) >= 11 is 0. The first-order chi connectivity index (χ1) is 6.68. The lowest BCUT2D eigenvalue weighted by molar-refractivity contribution is -0.142. The Hall–Kier alpha value is -0.570. The van der Waals surface area contributed by atoms with Gasteiger partial charge in [-0.15, -0.1) is 0 Å². The van der Waals surface area contributed by atoms with Crippen molar-refractivity contribution < 1.29 is 9.90 Å². The molecule has 2 saturated heterocycles. The van der Waals surface area contributed by atoms with Crippen LogP contribution in [0.15, 0.2) is 0 Å². The molecule has 0 aromatic carbocycles. The predicted molar refractivity (Wildman–Crippen MR) is 54.1 cm³/mol. The maximum absolute atomic E-state index is 10.9. The van der Waals surface area contributed by atoms with Gasteiger partial charge in [0.05, 0.1) is 5.92 Å². The quantitative estimate of drug-likeness (QED) is 0.730. The maximum Gasteiger partial charge on any atom is 0.306 e. The second kappa shape index (κ2) is 3.89. The van der Waals surface area contributed by atoms with Crippen molar-refractivity contribution >= 4 is 5.97 Å². The Morgan fingerprint density at radius 1 is 1.50 bits per heavy atom. The van der Waals surface area contributed by atoms with Crippen LogP contribution in [0.2, 0.25) is 0 Å². The summed E-state index contributed by atoms with van der Waals surface area (Å²) in [6.45, 7) is 4.05. The molecule has 80 valence electrons. The fraction of sp³-hybridized carbons (Fsp3) is 0.909. The highest BCUT2D eigenvalue weighted by Crippen LogP contribution is 2.34. The summed E-state index contributed by atoms with van der Waals surface area (Å²) in [5.41, 5.74) is 0. The molecular formula is C11H19NO2. The Bertz CT molecular complexity index is 215. The number of carbonyl (C=O) groups is 1. The van der Waals surface area contributed by atoms with Gasteiger partial charge in [-0.3, -0.25) is 4.79 Å². The summed E-state index contributed by atoms with van der Waals surface area (Å²) in [5.74, 6) is -0.411. The largest absolute Gasteiger partial charge is 0.481 e. The van der Waals surface area contributed by atoms with E-state index in [1.54, 1.807) is 0 Å². The van der Waals surface area contributed by atoms with Crippen LogP contribution in [0.3, 0.4) is 0 Å². The molecule has 0 radical (unpaired) electrons. The number of piperidine rings is 1. The third-order valence-corrected chi connectivity index (χ3v) is 3.89. The molecule has 2 rings (SSSR count). The lowest BCUT2D eigenvalue weighted by atomic mass is 9.90. The molecule has 3 heteroatoms. The van der Waals surface area contributed by atoms with Crippen LogP contribution in [0.1, 0.15) is 32.6 Å². The first kappa shape index (κ1) is 9.97. The average Bonchev–Trinajstić information content (AvgIpc) is 2.59. The third kappa shape index (κ3) is 1.78. The second-order valence-electron chi connectivity index (χ2n) is 4.77. The Morgan fingerprint density at radius 3 is 2.93 bits per heavy atom. The van der Waals surface area contributed by atoms with Crippen LogP contribution in [0, 0.1) is 11.8 Å². The van der Waals surface area contributed by atoms with Crippen LogP contribution >= 0.6 is 0 Å². The fourth-order valence-corrected chi connectivity index (χ4v) is 2.86. The van der Waals surface area contributed by atoms with Crippen molar-refractivity contribution in [3.8, 4) is 0 Å². The molecule has 2 heterocycles. The molecule has 0 amide bonds. The van der Waals surface area contributed by atoms with Gasteiger partial charge in [0.15, 0.2) is 0 Å². The van der Waals surface area contributed by atoms with E-state index in [1.165, 1.54) is 25.8 Å². The van der Waals surface area contributed by atoms with E-state index in [-0.39, 0.29) is 5.92 Å². The molecule has 3 nitrogen and oxygen atoms in total. The molecule has 0 aromatic heterocycles. The fourth-order valence-electron chi connectivity index (χ4n) is 2.86. The Balaban J connectivity index is 1.95. The molecule has 2 aliphatic rings. The SMILES string of the molecule is CC(C(=O)O)C1CC2CCCCN2C1. The zero-order valence-electron chi connectivity index (χ0n) is 8.78. The van der Waals surface area contributed by atoms with Crippen LogP contribution in [-0.4, -0.2) is 35.1 Å². The molecule has 0 aromatic rings. The van der Waals surface area contributed by atoms with Gasteiger partial charge in [0.2, 0.25) is 0 Å². The van der Waals surface area contributed by atoms with E-state index in [9.17, 15) is 4.79 Å². The molecule has 0 saturated carbocycles. The first-order valence-corrected chi connectivity index (χ1v) is 5.65. The summed E-state index contributed by atoms with van der Waals surface area (Å²) in [5, 5.41) is 8.96. The number of nitrogens with zero attached hydrogens (tertiary/aromatic N) is 1. The van der Waals surface area contributed by atoms with Crippen molar-refractivity contribution in [3.63, 3.8) is 0 Å². The van der Waals surface area contributed by atoms with Crippen molar-refractivity contribution in [1.82, 2.24) is 4.90 Å². The predicted octanol–water partition coefficient (Wildman–Crippen LogP) is 1.58. The highest BCUT2D eigenvalue weighted by molar-refractivity contribution is 5.69. The van der Waals surface area contributed by atoms with Gasteiger partial charge in [0.1, 0.15) is 0 Å². The van der Waals surface area contributed by atoms with Gasteiger partial charge in [0.25, 0.3) is 0 Å². The average molecular weight is 197 g/mol. The van der Waals surface area contributed by atoms with Gasteiger partial charge in [-0.1, -0.05) is 13.3 Å². The zero-order chi connectivity index (χ0) is 10.1. The monoisotopic (exact) mass is 197 g/mol. The van der Waals surface area contributed by atoms with E-state index >= 15 is 0 Å². The van der Waals surface area contributed by atoms with E-state index in [0.717, 1.165) is 13.0 Å². The van der Waals surface area contributed by atoms with Gasteiger partial charge in [0, 0.05) is 12.6 Å². The lowest BCUT2D eigenvalue weighted by Gasteiger charge is -2.28. The van der Waals surface area contributed by atoms with E-state index in [0.29, 0.717) is 12.0 Å². The van der Waals surface area contributed by atoms with Gasteiger partial charge in [-0.25, -0.2) is 0 Å². The number of rotatable bonds is 2. The Labute approximate surface area is 85.1 Å². The highest BCUT2D eigenvalue weighted by Gasteiger charge is 2.37. The summed E-state index contributed by atoms with van der Waals surface area (Å²) in [6, 6.07) is 0.690. The minimum absolute atomic E-state index is 0.166. The van der Waals surface area contributed by atoms with Crippen LogP contribution < -0.4 is 0 Å². The topological polar surface area (TPSA) is 40.5 Å². The number of hydrogen-bond acceptors (Lipinski definition) is 2. The van der Waals surface area contributed by atoms with Crippen LogP contribution in [0.5, 0.6) is 0 Å². The van der Waals surface area contributed by atoms with Gasteiger partial charge < -0.3 is 10.0 Å². The summed E-state index contributed by atoms with van der Waals surface area (Å²) < 4.78 is 0. The van der Waals surface area contributed by atoms with Crippen molar-refractivity contribution in [2.24, 2.45) is 11.8 Å². The van der Waals surface area contributed by atoms with Crippen LogP contribution in [-0.2, 0) is 4.79 Å². The Kier molecular flexibility index (Phi) is 2.77. The zero-order valence-corrected chi connectivity index (χ0v) is 8.78. The number of carboxylic acids is 1. The highest BCUT2D eigenvalue weighted by atomic mass is 16.4. The van der Waals surface area contributed by atoms with Crippen molar-refractivity contribution in [3.05, 3.63) is 0 Å². The lowest BCUT2D eigenvalue weighted by Crippen LogP contribution is -2.34. The standard InChI is InChI=1S/C11H19NO2/c1-8(11(13)14)9-6-10-4-2-3-5-12(10)7-9/h8-10H,2-7H2,1H3,(H,13,14). The van der Waals surface area contributed by atoms with Gasteiger partial charge in [-0.05, 0) is 31.7 Å². The molecule has 14 heavy (non-hydrogen) atoms. The molecule has 1 N–H and O–H groups in total. The maximum atomic E-state index is 10.9. The third-order valence-electron chi connectivity index (χ3n) is 3.89. The number of hydrogen-bond donors (Lipinski definition) is 1. The first-order valence-electron chi connectivity index (χ1n) is 5.65. The van der Waals surface area contributed by atoms with E-state index in [1.807, 2.05) is 6.92 Å². The summed E-state index contributed by atoms with van der Waals surface area (Å²) in [6.07, 6.45) is 5.01. The summed E-state index contributed by atoms with van der Waals surface area (Å²) in [4.78, 5) is 13.4. The van der Waals surface area contributed by atoms with E-state index < -0.39 is 5.97 Å². The molecule has 2 aliphatic heterocycles.